The smallest absolute Gasteiger partial charge is 0.187 e. The predicted octanol–water partition coefficient (Wildman–Crippen LogP) is 4.87. The predicted molar refractivity (Wildman–Crippen MR) is 98.9 cm³/mol. The standard InChI is InChI=1S/C18H18N4S/c1-3-6-13-8-4-7-12(2)16(13)15-11-21-18(23-15)22-14-9-5-10-20-17(14)19/h3-11H,1-2H3,(H2,19,20)(H,21,22)/b6-3-. The molecule has 3 rings (SSSR count). The Bertz CT molecular complexity index is 852. The number of nitrogens with two attached hydrogens (primary N) is 1. The van der Waals surface area contributed by atoms with E-state index in [1.165, 1.54) is 16.7 Å². The summed E-state index contributed by atoms with van der Waals surface area (Å²) in [7, 11) is 0. The van der Waals surface area contributed by atoms with Crippen LogP contribution in [-0.2, 0) is 0 Å². The number of aryl methyl sites for hydroxylation is 1. The molecule has 3 aromatic rings. The maximum atomic E-state index is 5.87. The van der Waals surface area contributed by atoms with Gasteiger partial charge in [-0.1, -0.05) is 41.7 Å². The minimum absolute atomic E-state index is 0.467. The number of rotatable bonds is 4. The summed E-state index contributed by atoms with van der Waals surface area (Å²) in [5.41, 5.74) is 10.3. The van der Waals surface area contributed by atoms with Gasteiger partial charge in [-0.15, -0.1) is 0 Å². The molecule has 0 aliphatic rings. The summed E-state index contributed by atoms with van der Waals surface area (Å²) < 4.78 is 0. The van der Waals surface area contributed by atoms with Crippen molar-refractivity contribution in [2.75, 3.05) is 11.1 Å². The number of nitrogens with zero attached hydrogens (tertiary/aromatic N) is 2. The lowest BCUT2D eigenvalue weighted by atomic mass is 10.0. The van der Waals surface area contributed by atoms with Crippen molar-refractivity contribution in [3.05, 3.63) is 59.9 Å². The maximum absolute atomic E-state index is 5.87. The van der Waals surface area contributed by atoms with Crippen molar-refractivity contribution < 1.29 is 0 Å². The monoisotopic (exact) mass is 322 g/mol. The molecule has 1 aromatic carbocycles. The van der Waals surface area contributed by atoms with E-state index in [1.807, 2.05) is 25.3 Å². The zero-order valence-corrected chi connectivity index (χ0v) is 13.9. The number of hydrogen-bond donors (Lipinski definition) is 2. The molecule has 0 amide bonds. The average Bonchev–Trinajstić information content (AvgIpc) is 2.98. The van der Waals surface area contributed by atoms with E-state index in [-0.39, 0.29) is 0 Å². The molecule has 116 valence electrons. The normalized spacial score (nSPS) is 11.0. The molecular weight excluding hydrogens is 304 g/mol. The quantitative estimate of drug-likeness (QED) is 0.719. The first-order chi connectivity index (χ1) is 11.2. The van der Waals surface area contributed by atoms with Crippen molar-refractivity contribution in [3.8, 4) is 10.4 Å². The Balaban J connectivity index is 1.96. The van der Waals surface area contributed by atoms with Crippen molar-refractivity contribution in [2.45, 2.75) is 13.8 Å². The molecule has 2 aromatic heterocycles. The van der Waals surface area contributed by atoms with Crippen molar-refractivity contribution in [1.82, 2.24) is 9.97 Å². The van der Waals surface area contributed by atoms with Gasteiger partial charge in [0.1, 0.15) is 5.82 Å². The number of hydrogen-bond acceptors (Lipinski definition) is 5. The first-order valence-corrected chi connectivity index (χ1v) is 8.16. The molecule has 0 bridgehead atoms. The molecule has 0 spiro atoms. The van der Waals surface area contributed by atoms with Gasteiger partial charge in [0.2, 0.25) is 0 Å². The molecule has 0 atom stereocenters. The van der Waals surface area contributed by atoms with E-state index in [1.54, 1.807) is 17.5 Å². The molecule has 5 heteroatoms. The third-order valence-corrected chi connectivity index (χ3v) is 4.41. The van der Waals surface area contributed by atoms with Crippen LogP contribution in [0.25, 0.3) is 16.5 Å². The van der Waals surface area contributed by atoms with Gasteiger partial charge >= 0.3 is 0 Å². The number of nitrogens with one attached hydrogen (secondary N) is 1. The molecule has 3 N–H and O–H groups in total. The van der Waals surface area contributed by atoms with Crippen LogP contribution in [0.4, 0.5) is 16.6 Å². The number of allylic oxidation sites excluding steroid dienone is 1. The van der Waals surface area contributed by atoms with Gasteiger partial charge in [0, 0.05) is 18.0 Å². The zero-order chi connectivity index (χ0) is 16.2. The summed E-state index contributed by atoms with van der Waals surface area (Å²) in [6.45, 7) is 4.14. The maximum Gasteiger partial charge on any atom is 0.187 e. The highest BCUT2D eigenvalue weighted by Gasteiger charge is 2.11. The van der Waals surface area contributed by atoms with Gasteiger partial charge in [-0.25, -0.2) is 9.97 Å². The second-order valence-electron chi connectivity index (χ2n) is 5.13. The van der Waals surface area contributed by atoms with Gasteiger partial charge < -0.3 is 11.1 Å². The minimum atomic E-state index is 0.467. The van der Waals surface area contributed by atoms with E-state index in [2.05, 4.69) is 52.6 Å². The summed E-state index contributed by atoms with van der Waals surface area (Å²) in [5.74, 6) is 0.467. The highest BCUT2D eigenvalue weighted by molar-refractivity contribution is 7.19. The molecule has 0 saturated carbocycles. The Kier molecular flexibility index (Phi) is 4.39. The summed E-state index contributed by atoms with van der Waals surface area (Å²) in [5, 5.41) is 4.04. The van der Waals surface area contributed by atoms with Gasteiger partial charge in [-0.05, 0) is 37.1 Å². The molecular formula is C18H18N4S. The third-order valence-electron chi connectivity index (χ3n) is 3.48. The highest BCUT2D eigenvalue weighted by Crippen LogP contribution is 2.35. The number of anilines is 3. The topological polar surface area (TPSA) is 63.8 Å². The first kappa shape index (κ1) is 15.2. The Morgan fingerprint density at radius 3 is 2.83 bits per heavy atom. The molecule has 23 heavy (non-hydrogen) atoms. The molecule has 2 heterocycles. The van der Waals surface area contributed by atoms with Crippen LogP contribution in [0.2, 0.25) is 0 Å². The average molecular weight is 322 g/mol. The van der Waals surface area contributed by atoms with E-state index >= 15 is 0 Å². The number of thiazole rings is 1. The van der Waals surface area contributed by atoms with Crippen LogP contribution < -0.4 is 11.1 Å². The SMILES string of the molecule is C/C=C\c1cccc(C)c1-c1cnc(Nc2cccnc2N)s1. The second kappa shape index (κ2) is 6.62. The lowest BCUT2D eigenvalue weighted by molar-refractivity contribution is 1.32. The highest BCUT2D eigenvalue weighted by atomic mass is 32.1. The molecule has 0 radical (unpaired) electrons. The number of aromatic nitrogens is 2. The lowest BCUT2D eigenvalue weighted by Crippen LogP contribution is -1.97. The number of nitrogen functional groups attached to an aromatic ring is 1. The van der Waals surface area contributed by atoms with E-state index < -0.39 is 0 Å². The van der Waals surface area contributed by atoms with Gasteiger partial charge in [0.05, 0.1) is 10.6 Å². The number of pyridine rings is 1. The van der Waals surface area contributed by atoms with Crippen molar-refractivity contribution in [3.63, 3.8) is 0 Å². The summed E-state index contributed by atoms with van der Waals surface area (Å²) in [6.07, 6.45) is 7.74. The minimum Gasteiger partial charge on any atom is -0.382 e. The molecule has 0 saturated heterocycles. The fraction of sp³-hybridized carbons (Fsp3) is 0.111. The van der Waals surface area contributed by atoms with Crippen LogP contribution in [0.15, 0.2) is 48.8 Å². The Labute approximate surface area is 139 Å². The van der Waals surface area contributed by atoms with Crippen LogP contribution in [0.3, 0.4) is 0 Å². The van der Waals surface area contributed by atoms with Crippen LogP contribution in [-0.4, -0.2) is 9.97 Å². The van der Waals surface area contributed by atoms with Gasteiger partial charge in [-0.2, -0.15) is 0 Å². The van der Waals surface area contributed by atoms with E-state index in [4.69, 9.17) is 5.73 Å². The molecule has 4 nitrogen and oxygen atoms in total. The molecule has 0 fully saturated rings. The zero-order valence-electron chi connectivity index (χ0n) is 13.1. The van der Waals surface area contributed by atoms with Crippen LogP contribution >= 0.6 is 11.3 Å². The van der Waals surface area contributed by atoms with Crippen molar-refractivity contribution in [1.29, 1.82) is 0 Å². The largest absolute Gasteiger partial charge is 0.382 e. The lowest BCUT2D eigenvalue weighted by Gasteiger charge is -2.07. The van der Waals surface area contributed by atoms with E-state index in [0.717, 1.165) is 15.7 Å². The Morgan fingerprint density at radius 2 is 2.04 bits per heavy atom. The molecule has 0 aliphatic carbocycles. The third kappa shape index (κ3) is 3.24. The van der Waals surface area contributed by atoms with E-state index in [0.29, 0.717) is 5.82 Å². The molecule has 0 unspecified atom stereocenters. The van der Waals surface area contributed by atoms with Crippen LogP contribution in [0.1, 0.15) is 18.1 Å². The van der Waals surface area contributed by atoms with Crippen molar-refractivity contribution >= 4 is 34.0 Å². The fourth-order valence-electron chi connectivity index (χ4n) is 2.43. The van der Waals surface area contributed by atoms with Crippen LogP contribution in [0.5, 0.6) is 0 Å². The summed E-state index contributed by atoms with van der Waals surface area (Å²) in [6, 6.07) is 10.0. The first-order valence-electron chi connectivity index (χ1n) is 7.35. The van der Waals surface area contributed by atoms with Gasteiger partial charge in [0.15, 0.2) is 5.13 Å². The summed E-state index contributed by atoms with van der Waals surface area (Å²) >= 11 is 1.60. The fourth-order valence-corrected chi connectivity index (χ4v) is 3.39. The van der Waals surface area contributed by atoms with Gasteiger partial charge in [0.25, 0.3) is 0 Å². The molecule has 0 aliphatic heterocycles. The van der Waals surface area contributed by atoms with Crippen molar-refractivity contribution in [2.24, 2.45) is 0 Å². The Morgan fingerprint density at radius 1 is 1.17 bits per heavy atom. The Hall–Kier alpha value is -2.66. The number of benzene rings is 1. The van der Waals surface area contributed by atoms with E-state index in [9.17, 15) is 0 Å². The summed E-state index contributed by atoms with van der Waals surface area (Å²) in [4.78, 5) is 9.67. The van der Waals surface area contributed by atoms with Gasteiger partial charge in [-0.3, -0.25) is 0 Å². The van der Waals surface area contributed by atoms with Crippen LogP contribution in [0, 0.1) is 6.92 Å². The second-order valence-corrected chi connectivity index (χ2v) is 6.16.